The lowest BCUT2D eigenvalue weighted by molar-refractivity contribution is 0.0709. The molecule has 0 N–H and O–H groups in total. The predicted octanol–water partition coefficient (Wildman–Crippen LogP) is 3.43. The summed E-state index contributed by atoms with van der Waals surface area (Å²) in [6.45, 7) is 6.31. The predicted molar refractivity (Wildman–Crippen MR) is 116 cm³/mol. The first-order valence-corrected chi connectivity index (χ1v) is 10.6. The molecule has 1 atom stereocenters. The van der Waals surface area contributed by atoms with E-state index in [0.29, 0.717) is 12.1 Å². The Kier molecular flexibility index (Phi) is 5.88. The van der Waals surface area contributed by atoms with Gasteiger partial charge in [-0.05, 0) is 50.5 Å². The van der Waals surface area contributed by atoms with Gasteiger partial charge in [0.15, 0.2) is 0 Å². The van der Waals surface area contributed by atoms with Crippen LogP contribution in [0.15, 0.2) is 42.6 Å². The van der Waals surface area contributed by atoms with Gasteiger partial charge in [-0.25, -0.2) is 4.98 Å². The molecular weight excluding hydrogens is 364 g/mol. The monoisotopic (exact) mass is 394 g/mol. The summed E-state index contributed by atoms with van der Waals surface area (Å²) in [5.41, 5.74) is 1.81. The van der Waals surface area contributed by atoms with E-state index in [2.05, 4.69) is 27.8 Å². The molecule has 1 aromatic carbocycles. The van der Waals surface area contributed by atoms with Crippen LogP contribution >= 0.6 is 0 Å². The van der Waals surface area contributed by atoms with E-state index in [1.807, 2.05) is 37.4 Å². The number of hydrogen-bond acceptors (Lipinski definition) is 5. The van der Waals surface area contributed by atoms with E-state index in [0.717, 1.165) is 56.3 Å². The summed E-state index contributed by atoms with van der Waals surface area (Å²) >= 11 is 0. The molecule has 2 aliphatic rings. The van der Waals surface area contributed by atoms with Crippen LogP contribution in [-0.4, -0.2) is 61.7 Å². The fourth-order valence-electron chi connectivity index (χ4n) is 4.29. The molecule has 29 heavy (non-hydrogen) atoms. The van der Waals surface area contributed by atoms with Crippen LogP contribution in [0.1, 0.15) is 36.5 Å². The second-order valence-electron chi connectivity index (χ2n) is 7.85. The van der Waals surface area contributed by atoms with Crippen LogP contribution in [0, 0.1) is 0 Å². The number of benzene rings is 1. The SMILES string of the molecule is CCN1C[C@@H](CN(C)C(=O)c2cccnc2N2CCCCC2)Oc2ccccc21. The molecular formula is C23H30N4O2. The molecule has 0 radical (unpaired) electrons. The Morgan fingerprint density at radius 2 is 1.97 bits per heavy atom. The molecule has 0 aliphatic carbocycles. The highest BCUT2D eigenvalue weighted by Crippen LogP contribution is 2.33. The van der Waals surface area contributed by atoms with Crippen molar-refractivity contribution < 1.29 is 9.53 Å². The molecule has 2 aromatic rings. The molecule has 2 aliphatic heterocycles. The summed E-state index contributed by atoms with van der Waals surface area (Å²) in [5, 5.41) is 0. The minimum atomic E-state index is -0.0612. The first-order valence-electron chi connectivity index (χ1n) is 10.6. The molecule has 0 saturated carbocycles. The maximum atomic E-state index is 13.3. The van der Waals surface area contributed by atoms with E-state index in [9.17, 15) is 4.79 Å². The van der Waals surface area contributed by atoms with E-state index < -0.39 is 0 Å². The largest absolute Gasteiger partial charge is 0.485 e. The van der Waals surface area contributed by atoms with Gasteiger partial charge in [0.1, 0.15) is 17.7 Å². The number of fused-ring (bicyclic) bond motifs is 1. The first-order chi connectivity index (χ1) is 14.2. The smallest absolute Gasteiger partial charge is 0.257 e. The number of carbonyl (C=O) groups excluding carboxylic acids is 1. The second-order valence-corrected chi connectivity index (χ2v) is 7.85. The Labute approximate surface area is 173 Å². The minimum absolute atomic E-state index is 0.00387. The zero-order valence-corrected chi connectivity index (χ0v) is 17.4. The standard InChI is InChI=1S/C23H30N4O2/c1-3-26-17-18(29-21-12-6-5-11-20(21)26)16-25(2)23(28)19-10-9-13-24-22(19)27-14-7-4-8-15-27/h5-6,9-13,18H,3-4,7-8,14-17H2,1-2H3/t18-/m1/s1. The zero-order chi connectivity index (χ0) is 20.2. The highest BCUT2D eigenvalue weighted by atomic mass is 16.5. The number of aromatic nitrogens is 1. The number of hydrogen-bond donors (Lipinski definition) is 0. The summed E-state index contributed by atoms with van der Waals surface area (Å²) in [5.74, 6) is 1.71. The highest BCUT2D eigenvalue weighted by Gasteiger charge is 2.28. The molecule has 1 fully saturated rings. The van der Waals surface area contributed by atoms with Crippen LogP contribution in [0.3, 0.4) is 0 Å². The van der Waals surface area contributed by atoms with Crippen molar-refractivity contribution in [3.63, 3.8) is 0 Å². The minimum Gasteiger partial charge on any atom is -0.485 e. The van der Waals surface area contributed by atoms with Crippen LogP contribution in [0.5, 0.6) is 5.75 Å². The average molecular weight is 395 g/mol. The van der Waals surface area contributed by atoms with Gasteiger partial charge in [-0.15, -0.1) is 0 Å². The summed E-state index contributed by atoms with van der Waals surface area (Å²) in [6.07, 6.45) is 5.28. The Balaban J connectivity index is 1.48. The van der Waals surface area contributed by atoms with E-state index in [-0.39, 0.29) is 12.0 Å². The van der Waals surface area contributed by atoms with Crippen molar-refractivity contribution in [3.8, 4) is 5.75 Å². The van der Waals surface area contributed by atoms with Crippen LogP contribution < -0.4 is 14.5 Å². The zero-order valence-electron chi connectivity index (χ0n) is 17.4. The van der Waals surface area contributed by atoms with Crippen molar-refractivity contribution in [2.45, 2.75) is 32.3 Å². The fourth-order valence-corrected chi connectivity index (χ4v) is 4.29. The number of likely N-dealkylation sites (N-methyl/N-ethyl adjacent to an activating group) is 2. The van der Waals surface area contributed by atoms with E-state index >= 15 is 0 Å². The van der Waals surface area contributed by atoms with Gasteiger partial charge < -0.3 is 19.4 Å². The Bertz CT molecular complexity index is 850. The third-order valence-corrected chi connectivity index (χ3v) is 5.80. The van der Waals surface area contributed by atoms with Crippen LogP contribution in [0.4, 0.5) is 11.5 Å². The highest BCUT2D eigenvalue weighted by molar-refractivity contribution is 5.98. The molecule has 1 saturated heterocycles. The lowest BCUT2D eigenvalue weighted by Gasteiger charge is -2.37. The molecule has 154 valence electrons. The van der Waals surface area contributed by atoms with Crippen LogP contribution in [0.25, 0.3) is 0 Å². The van der Waals surface area contributed by atoms with E-state index in [4.69, 9.17) is 4.74 Å². The first kappa shape index (κ1) is 19.6. The average Bonchev–Trinajstić information content (AvgIpc) is 2.78. The number of rotatable bonds is 5. The topological polar surface area (TPSA) is 48.9 Å². The van der Waals surface area contributed by atoms with Crippen LogP contribution in [0.2, 0.25) is 0 Å². The number of carbonyl (C=O) groups is 1. The van der Waals surface area contributed by atoms with Crippen LogP contribution in [-0.2, 0) is 0 Å². The molecule has 3 heterocycles. The van der Waals surface area contributed by atoms with E-state index in [1.165, 1.54) is 6.42 Å². The Morgan fingerprint density at radius 1 is 1.17 bits per heavy atom. The number of ether oxygens (including phenoxy) is 1. The normalized spacial score (nSPS) is 18.8. The van der Waals surface area contributed by atoms with Crippen molar-refractivity contribution >= 4 is 17.4 Å². The van der Waals surface area contributed by atoms with Gasteiger partial charge in [-0.2, -0.15) is 0 Å². The lowest BCUT2D eigenvalue weighted by Crippen LogP contribution is -2.47. The van der Waals surface area contributed by atoms with Gasteiger partial charge >= 0.3 is 0 Å². The third-order valence-electron chi connectivity index (χ3n) is 5.80. The van der Waals surface area contributed by atoms with Crippen molar-refractivity contribution in [3.05, 3.63) is 48.2 Å². The molecule has 1 amide bonds. The number of amides is 1. The van der Waals surface area contributed by atoms with Gasteiger partial charge in [0, 0.05) is 32.9 Å². The van der Waals surface area contributed by atoms with Gasteiger partial charge in [-0.3, -0.25) is 4.79 Å². The molecule has 4 rings (SSSR count). The summed E-state index contributed by atoms with van der Waals surface area (Å²) in [6, 6.07) is 11.9. The number of anilines is 2. The fraction of sp³-hybridized carbons (Fsp3) is 0.478. The number of para-hydroxylation sites is 2. The number of nitrogens with zero attached hydrogens (tertiary/aromatic N) is 4. The molecule has 0 unspecified atom stereocenters. The van der Waals surface area contributed by atoms with Crippen molar-refractivity contribution in [2.75, 3.05) is 49.6 Å². The molecule has 1 aromatic heterocycles. The Morgan fingerprint density at radius 3 is 2.76 bits per heavy atom. The summed E-state index contributed by atoms with van der Waals surface area (Å²) in [4.78, 5) is 24.1. The van der Waals surface area contributed by atoms with Crippen molar-refractivity contribution in [1.29, 1.82) is 0 Å². The molecule has 0 spiro atoms. The van der Waals surface area contributed by atoms with E-state index in [1.54, 1.807) is 11.1 Å². The third kappa shape index (κ3) is 4.16. The molecule has 6 nitrogen and oxygen atoms in total. The van der Waals surface area contributed by atoms with Gasteiger partial charge in [0.2, 0.25) is 0 Å². The molecule has 0 bridgehead atoms. The second kappa shape index (κ2) is 8.72. The number of piperidine rings is 1. The molecule has 6 heteroatoms. The quantitative estimate of drug-likeness (QED) is 0.778. The lowest BCUT2D eigenvalue weighted by atomic mass is 10.1. The van der Waals surface area contributed by atoms with Gasteiger partial charge in [-0.1, -0.05) is 12.1 Å². The maximum Gasteiger partial charge on any atom is 0.257 e. The van der Waals surface area contributed by atoms with Gasteiger partial charge in [0.05, 0.1) is 24.3 Å². The maximum absolute atomic E-state index is 13.3. The number of pyridine rings is 1. The summed E-state index contributed by atoms with van der Waals surface area (Å²) in [7, 11) is 1.86. The van der Waals surface area contributed by atoms with Crippen molar-refractivity contribution in [2.24, 2.45) is 0 Å². The Hall–Kier alpha value is -2.76. The van der Waals surface area contributed by atoms with Crippen molar-refractivity contribution in [1.82, 2.24) is 9.88 Å². The van der Waals surface area contributed by atoms with Gasteiger partial charge in [0.25, 0.3) is 5.91 Å². The summed E-state index contributed by atoms with van der Waals surface area (Å²) < 4.78 is 6.21.